The molecule has 1 aliphatic carbocycles. The zero-order chi connectivity index (χ0) is 30.4. The van der Waals surface area contributed by atoms with Crippen LogP contribution in [0.1, 0.15) is 61.1 Å². The largest absolute Gasteiger partial charge is 0.494 e. The van der Waals surface area contributed by atoms with Gasteiger partial charge in [-0.05, 0) is 78.3 Å². The van der Waals surface area contributed by atoms with Crippen LogP contribution < -0.4 is 19.4 Å². The smallest absolute Gasteiger partial charge is 0.414 e. The maximum absolute atomic E-state index is 14.4. The Morgan fingerprint density at radius 3 is 2.59 bits per heavy atom. The summed E-state index contributed by atoms with van der Waals surface area (Å²) in [4.78, 5) is 31.6. The van der Waals surface area contributed by atoms with E-state index in [1.807, 2.05) is 36.4 Å². The lowest BCUT2D eigenvalue weighted by Gasteiger charge is -2.43. The minimum absolute atomic E-state index is 0.0629. The molecule has 7 rings (SSSR count). The third-order valence-corrected chi connectivity index (χ3v) is 10.2. The topological polar surface area (TPSA) is 82.5 Å². The molecule has 0 unspecified atom stereocenters. The molecule has 3 aliphatic heterocycles. The molecule has 0 aromatic heterocycles. The summed E-state index contributed by atoms with van der Waals surface area (Å²) in [7, 11) is 1.64. The number of piperidine rings is 1. The van der Waals surface area contributed by atoms with Crippen LogP contribution in [0.25, 0.3) is 0 Å². The molecule has 0 saturated carbocycles. The van der Waals surface area contributed by atoms with E-state index >= 15 is 0 Å². The molecule has 44 heavy (non-hydrogen) atoms. The van der Waals surface area contributed by atoms with Crippen molar-refractivity contribution in [1.29, 1.82) is 0 Å². The van der Waals surface area contributed by atoms with E-state index in [1.54, 1.807) is 24.1 Å². The van der Waals surface area contributed by atoms with Crippen molar-refractivity contribution in [2.75, 3.05) is 48.0 Å². The number of anilines is 3. The van der Waals surface area contributed by atoms with Gasteiger partial charge in [-0.25, -0.2) is 9.18 Å². The molecule has 3 aromatic carbocycles. The van der Waals surface area contributed by atoms with Gasteiger partial charge in [0.05, 0.1) is 19.2 Å². The molecule has 1 spiro atoms. The molecular formula is C35H38FN3O5. The molecule has 2 fully saturated rings. The lowest BCUT2D eigenvalue weighted by molar-refractivity contribution is -0.137. The summed E-state index contributed by atoms with van der Waals surface area (Å²) in [6.07, 6.45) is 4.10. The van der Waals surface area contributed by atoms with Crippen molar-refractivity contribution >= 4 is 29.1 Å². The molecule has 230 valence electrons. The number of ether oxygens (including phenoxy) is 2. The number of fused-ring (bicyclic) bond motifs is 5. The van der Waals surface area contributed by atoms with E-state index in [1.165, 1.54) is 6.07 Å². The van der Waals surface area contributed by atoms with Crippen LogP contribution in [0.4, 0.5) is 26.2 Å². The Morgan fingerprint density at radius 1 is 1.05 bits per heavy atom. The predicted octanol–water partition coefficient (Wildman–Crippen LogP) is 6.46. The van der Waals surface area contributed by atoms with Gasteiger partial charge >= 0.3 is 12.1 Å². The molecule has 2 saturated heterocycles. The van der Waals surface area contributed by atoms with Gasteiger partial charge in [-0.3, -0.25) is 9.69 Å². The van der Waals surface area contributed by atoms with E-state index in [4.69, 9.17) is 9.47 Å². The zero-order valence-electron chi connectivity index (χ0n) is 25.0. The number of rotatable bonds is 6. The highest BCUT2D eigenvalue weighted by atomic mass is 19.1. The Labute approximate surface area is 257 Å². The van der Waals surface area contributed by atoms with Gasteiger partial charge in [-0.1, -0.05) is 36.4 Å². The van der Waals surface area contributed by atoms with Gasteiger partial charge in [0.15, 0.2) is 0 Å². The lowest BCUT2D eigenvalue weighted by Crippen LogP contribution is -2.48. The highest BCUT2D eigenvalue weighted by Crippen LogP contribution is 2.54. The first-order valence-electron chi connectivity index (χ1n) is 15.6. The number of aliphatic carboxylic acids is 1. The Bertz CT molecular complexity index is 1570. The van der Waals surface area contributed by atoms with Crippen molar-refractivity contribution in [3.63, 3.8) is 0 Å². The molecule has 0 bridgehead atoms. The fraction of sp³-hybridized carbons (Fsp3) is 0.429. The van der Waals surface area contributed by atoms with Crippen molar-refractivity contribution in [3.05, 3.63) is 83.2 Å². The number of methoxy groups -OCH3 is 1. The van der Waals surface area contributed by atoms with Crippen LogP contribution in [-0.4, -0.2) is 56.5 Å². The molecule has 3 heterocycles. The number of carbonyl (C=O) groups excluding carboxylic acids is 1. The van der Waals surface area contributed by atoms with Gasteiger partial charge in [0.1, 0.15) is 23.9 Å². The van der Waals surface area contributed by atoms with Crippen molar-refractivity contribution < 1.29 is 28.6 Å². The number of benzene rings is 3. The van der Waals surface area contributed by atoms with E-state index in [9.17, 15) is 19.1 Å². The van der Waals surface area contributed by atoms with Crippen LogP contribution in [-0.2, 0) is 21.6 Å². The standard InChI is InChI=1S/C35H38FN3O5/c1-43-31-19-27(37-14-11-35(12-15-37)20-24(16-32(40)41)28-10-9-25(36)17-29(28)35)18-30-33(31)39(21-26-8-5-13-38(26)30)34(42)44-22-23-6-3-2-4-7-23/h2-4,6-7,9-10,17-19,24,26H,5,8,11-16,20-22H2,1H3,(H,40,41)/t24-,26+/m1/s1. The van der Waals surface area contributed by atoms with Crippen molar-refractivity contribution in [2.24, 2.45) is 0 Å². The van der Waals surface area contributed by atoms with E-state index in [-0.39, 0.29) is 42.3 Å². The van der Waals surface area contributed by atoms with Gasteiger partial charge < -0.3 is 24.4 Å². The van der Waals surface area contributed by atoms with E-state index in [0.29, 0.717) is 12.3 Å². The maximum atomic E-state index is 14.4. The van der Waals surface area contributed by atoms with Crippen LogP contribution >= 0.6 is 0 Å². The Balaban J connectivity index is 1.15. The lowest BCUT2D eigenvalue weighted by atomic mass is 9.73. The third-order valence-electron chi connectivity index (χ3n) is 10.2. The Hall–Kier alpha value is -4.27. The second-order valence-electron chi connectivity index (χ2n) is 12.7. The van der Waals surface area contributed by atoms with Crippen LogP contribution in [0.15, 0.2) is 60.7 Å². The minimum Gasteiger partial charge on any atom is -0.494 e. The first kappa shape index (κ1) is 28.5. The van der Waals surface area contributed by atoms with Crippen LogP contribution in [0, 0.1) is 5.82 Å². The monoisotopic (exact) mass is 599 g/mol. The molecule has 8 nitrogen and oxygen atoms in total. The van der Waals surface area contributed by atoms with E-state index < -0.39 is 5.97 Å². The van der Waals surface area contributed by atoms with Crippen LogP contribution in [0.5, 0.6) is 5.75 Å². The van der Waals surface area contributed by atoms with E-state index in [2.05, 4.69) is 15.9 Å². The number of halogens is 1. The number of amides is 1. The summed E-state index contributed by atoms with van der Waals surface area (Å²) in [5, 5.41) is 9.55. The zero-order valence-corrected chi connectivity index (χ0v) is 25.0. The van der Waals surface area contributed by atoms with Gasteiger partial charge in [0, 0.05) is 44.0 Å². The molecule has 1 amide bonds. The van der Waals surface area contributed by atoms with Crippen LogP contribution in [0.3, 0.4) is 0 Å². The average Bonchev–Trinajstić information content (AvgIpc) is 3.62. The van der Waals surface area contributed by atoms with Crippen LogP contribution in [0.2, 0.25) is 0 Å². The minimum atomic E-state index is -0.820. The fourth-order valence-corrected chi connectivity index (χ4v) is 8.11. The first-order valence-corrected chi connectivity index (χ1v) is 15.6. The van der Waals surface area contributed by atoms with Gasteiger partial charge in [0.2, 0.25) is 0 Å². The SMILES string of the molecule is COc1cc(N2CCC3(CC2)C[C@@H](CC(=O)O)c2ccc(F)cc23)cc2c1N(C(=O)OCc1ccccc1)C[C@@H]1CCCN21. The fourth-order valence-electron chi connectivity index (χ4n) is 8.11. The summed E-state index contributed by atoms with van der Waals surface area (Å²) < 4.78 is 26.1. The number of hydrogen-bond acceptors (Lipinski definition) is 6. The second-order valence-corrected chi connectivity index (χ2v) is 12.7. The summed E-state index contributed by atoms with van der Waals surface area (Å²) in [6, 6.07) is 19.0. The molecule has 1 N–H and O–H groups in total. The second kappa shape index (κ2) is 11.3. The highest BCUT2D eigenvalue weighted by molar-refractivity contribution is 5.98. The average molecular weight is 600 g/mol. The molecule has 2 atom stereocenters. The summed E-state index contributed by atoms with van der Waals surface area (Å²) in [5.41, 5.74) is 5.43. The number of carbonyl (C=O) groups is 2. The van der Waals surface area contributed by atoms with E-state index in [0.717, 1.165) is 85.5 Å². The van der Waals surface area contributed by atoms with Gasteiger partial charge in [-0.15, -0.1) is 0 Å². The Kier molecular flexibility index (Phi) is 7.34. The normalized spacial score (nSPS) is 21.5. The van der Waals surface area contributed by atoms with Crippen molar-refractivity contribution in [1.82, 2.24) is 0 Å². The summed E-state index contributed by atoms with van der Waals surface area (Å²) in [5.74, 6) is -0.556. The van der Waals surface area contributed by atoms with Crippen molar-refractivity contribution in [3.8, 4) is 5.75 Å². The van der Waals surface area contributed by atoms with Gasteiger partial charge in [0.25, 0.3) is 0 Å². The molecule has 4 aliphatic rings. The maximum Gasteiger partial charge on any atom is 0.414 e. The highest BCUT2D eigenvalue weighted by Gasteiger charge is 2.46. The van der Waals surface area contributed by atoms with Crippen molar-refractivity contribution in [2.45, 2.75) is 62.5 Å². The first-order chi connectivity index (χ1) is 21.3. The summed E-state index contributed by atoms with van der Waals surface area (Å²) >= 11 is 0. The summed E-state index contributed by atoms with van der Waals surface area (Å²) in [6.45, 7) is 3.19. The third kappa shape index (κ3) is 5.02. The molecule has 9 heteroatoms. The quantitative estimate of drug-likeness (QED) is 0.348. The number of carboxylic acid groups (broad SMARTS) is 1. The molecule has 0 radical (unpaired) electrons. The molecular weight excluding hydrogens is 561 g/mol. The number of hydrogen-bond donors (Lipinski definition) is 1. The van der Waals surface area contributed by atoms with Gasteiger partial charge in [-0.2, -0.15) is 0 Å². The predicted molar refractivity (Wildman–Crippen MR) is 166 cm³/mol. The molecule has 3 aromatic rings. The Morgan fingerprint density at radius 2 is 1.84 bits per heavy atom. The number of carboxylic acids is 1. The number of nitrogens with zero attached hydrogens (tertiary/aromatic N) is 3.